The molecule has 0 spiro atoms. The smallest absolute Gasteiger partial charge is 0.134 e. The zero-order valence-electron chi connectivity index (χ0n) is 9.93. The average molecular weight is 319 g/mol. The minimum absolute atomic E-state index is 0.0614. The van der Waals surface area contributed by atoms with Crippen LogP contribution in [0.1, 0.15) is 31.2 Å². The van der Waals surface area contributed by atoms with Crippen molar-refractivity contribution in [3.05, 3.63) is 27.2 Å². The van der Waals surface area contributed by atoms with Gasteiger partial charge < -0.3 is 10.5 Å². The predicted molar refractivity (Wildman–Crippen MR) is 74.9 cm³/mol. The number of benzene rings is 1. The van der Waals surface area contributed by atoms with E-state index in [9.17, 15) is 0 Å². The third-order valence-electron chi connectivity index (χ3n) is 3.76. The molecule has 94 valence electrons. The van der Waals surface area contributed by atoms with Crippen LogP contribution in [-0.4, -0.2) is 13.7 Å². The van der Waals surface area contributed by atoms with Gasteiger partial charge in [-0.05, 0) is 40.4 Å². The van der Waals surface area contributed by atoms with Gasteiger partial charge in [-0.25, -0.2) is 0 Å². The zero-order valence-corrected chi connectivity index (χ0v) is 12.3. The van der Waals surface area contributed by atoms with Crippen molar-refractivity contribution >= 4 is 27.5 Å². The van der Waals surface area contributed by atoms with Gasteiger partial charge in [0.15, 0.2) is 0 Å². The monoisotopic (exact) mass is 317 g/mol. The Hall–Kier alpha value is -0.250. The van der Waals surface area contributed by atoms with E-state index in [1.165, 1.54) is 12.8 Å². The summed E-state index contributed by atoms with van der Waals surface area (Å²) in [5, 5.41) is 0.761. The number of nitrogens with two attached hydrogens (primary N) is 1. The van der Waals surface area contributed by atoms with E-state index in [0.29, 0.717) is 6.54 Å². The molecular formula is C13H17BrClNO. The second kappa shape index (κ2) is 5.17. The molecule has 1 fully saturated rings. The number of halogens is 2. The highest BCUT2D eigenvalue weighted by Gasteiger charge is 2.36. The van der Waals surface area contributed by atoms with Gasteiger partial charge in [0.25, 0.3) is 0 Å². The molecule has 17 heavy (non-hydrogen) atoms. The molecule has 1 aliphatic rings. The SMILES string of the molecule is COc1cc(Cl)c(C2(CN)CCCC2)cc1Br. The van der Waals surface area contributed by atoms with Gasteiger partial charge in [-0.1, -0.05) is 24.4 Å². The van der Waals surface area contributed by atoms with E-state index in [1.807, 2.05) is 6.07 Å². The van der Waals surface area contributed by atoms with E-state index in [-0.39, 0.29) is 5.41 Å². The summed E-state index contributed by atoms with van der Waals surface area (Å²) in [5.74, 6) is 0.768. The quantitative estimate of drug-likeness (QED) is 0.918. The highest BCUT2D eigenvalue weighted by atomic mass is 79.9. The molecule has 0 saturated heterocycles. The first-order chi connectivity index (χ1) is 8.13. The Morgan fingerprint density at radius 3 is 2.59 bits per heavy atom. The van der Waals surface area contributed by atoms with Crippen molar-refractivity contribution in [3.8, 4) is 5.75 Å². The number of hydrogen-bond donors (Lipinski definition) is 1. The average Bonchev–Trinajstić information content (AvgIpc) is 2.81. The molecule has 4 heteroatoms. The van der Waals surface area contributed by atoms with Gasteiger partial charge in [0.2, 0.25) is 0 Å². The van der Waals surface area contributed by atoms with Gasteiger partial charge >= 0.3 is 0 Å². The minimum atomic E-state index is 0.0614. The second-order valence-corrected chi connectivity index (χ2v) is 5.92. The molecule has 2 N–H and O–H groups in total. The molecule has 0 aromatic heterocycles. The van der Waals surface area contributed by atoms with Crippen molar-refractivity contribution in [3.63, 3.8) is 0 Å². The Kier molecular flexibility index (Phi) is 4.01. The lowest BCUT2D eigenvalue weighted by molar-refractivity contribution is 0.409. The van der Waals surface area contributed by atoms with Crippen LogP contribution in [-0.2, 0) is 5.41 Å². The summed E-state index contributed by atoms with van der Waals surface area (Å²) >= 11 is 9.89. The largest absolute Gasteiger partial charge is 0.496 e. The Labute approximate surface area is 116 Å². The maximum absolute atomic E-state index is 6.37. The maximum Gasteiger partial charge on any atom is 0.134 e. The third kappa shape index (κ3) is 2.33. The van der Waals surface area contributed by atoms with Crippen molar-refractivity contribution in [1.82, 2.24) is 0 Å². The fraction of sp³-hybridized carbons (Fsp3) is 0.538. The summed E-state index contributed by atoms with van der Waals surface area (Å²) in [5.41, 5.74) is 7.21. The summed E-state index contributed by atoms with van der Waals surface area (Å²) < 4.78 is 6.19. The van der Waals surface area contributed by atoms with Crippen LogP contribution < -0.4 is 10.5 Å². The molecule has 0 bridgehead atoms. The second-order valence-electron chi connectivity index (χ2n) is 4.66. The highest BCUT2D eigenvalue weighted by Crippen LogP contribution is 2.45. The predicted octanol–water partition coefficient (Wildman–Crippen LogP) is 3.88. The molecule has 2 nitrogen and oxygen atoms in total. The first kappa shape index (κ1) is 13.2. The Balaban J connectivity index is 2.47. The van der Waals surface area contributed by atoms with Crippen LogP contribution >= 0.6 is 27.5 Å². The van der Waals surface area contributed by atoms with Crippen LogP contribution in [0.3, 0.4) is 0 Å². The molecule has 1 aromatic rings. The molecule has 0 heterocycles. The number of rotatable bonds is 3. The minimum Gasteiger partial charge on any atom is -0.496 e. The molecule has 2 rings (SSSR count). The Bertz CT molecular complexity index is 416. The summed E-state index contributed by atoms with van der Waals surface area (Å²) in [4.78, 5) is 0. The van der Waals surface area contributed by atoms with Gasteiger partial charge in [-0.15, -0.1) is 0 Å². The van der Waals surface area contributed by atoms with Crippen LogP contribution in [0, 0.1) is 0 Å². The molecule has 0 radical (unpaired) electrons. The molecule has 1 saturated carbocycles. The van der Waals surface area contributed by atoms with Crippen LogP contribution in [0.15, 0.2) is 16.6 Å². The number of ether oxygens (including phenoxy) is 1. The van der Waals surface area contributed by atoms with Gasteiger partial charge in [-0.2, -0.15) is 0 Å². The molecule has 0 aliphatic heterocycles. The molecule has 0 amide bonds. The van der Waals surface area contributed by atoms with E-state index in [1.54, 1.807) is 7.11 Å². The van der Waals surface area contributed by atoms with Crippen LogP contribution in [0.25, 0.3) is 0 Å². The fourth-order valence-electron chi connectivity index (χ4n) is 2.73. The van der Waals surface area contributed by atoms with Gasteiger partial charge in [-0.3, -0.25) is 0 Å². The van der Waals surface area contributed by atoms with E-state index < -0.39 is 0 Å². The number of hydrogen-bond acceptors (Lipinski definition) is 2. The summed E-state index contributed by atoms with van der Waals surface area (Å²) in [6, 6.07) is 3.94. The van der Waals surface area contributed by atoms with Crippen molar-refractivity contribution < 1.29 is 4.74 Å². The Morgan fingerprint density at radius 2 is 2.06 bits per heavy atom. The van der Waals surface area contributed by atoms with E-state index in [4.69, 9.17) is 22.1 Å². The van der Waals surface area contributed by atoms with Crippen molar-refractivity contribution in [1.29, 1.82) is 0 Å². The normalized spacial score (nSPS) is 18.4. The summed E-state index contributed by atoms with van der Waals surface area (Å²) in [6.07, 6.45) is 4.72. The lowest BCUT2D eigenvalue weighted by Gasteiger charge is -2.29. The van der Waals surface area contributed by atoms with Gasteiger partial charge in [0.05, 0.1) is 11.6 Å². The standard InChI is InChI=1S/C13H17BrClNO/c1-17-12-7-11(15)9(6-10(12)14)13(8-16)4-2-3-5-13/h6-7H,2-5,8,16H2,1H3. The molecule has 1 aliphatic carbocycles. The van der Waals surface area contributed by atoms with E-state index >= 15 is 0 Å². The van der Waals surface area contributed by atoms with Gasteiger partial charge in [0.1, 0.15) is 5.75 Å². The van der Waals surface area contributed by atoms with E-state index in [2.05, 4.69) is 22.0 Å². The molecular weight excluding hydrogens is 302 g/mol. The van der Waals surface area contributed by atoms with Crippen LogP contribution in [0.2, 0.25) is 5.02 Å². The number of methoxy groups -OCH3 is 1. The molecule has 1 aromatic carbocycles. The first-order valence-electron chi connectivity index (χ1n) is 5.86. The van der Waals surface area contributed by atoms with Gasteiger partial charge in [0, 0.05) is 23.0 Å². The highest BCUT2D eigenvalue weighted by molar-refractivity contribution is 9.10. The molecule has 0 atom stereocenters. The molecule has 0 unspecified atom stereocenters. The maximum atomic E-state index is 6.37. The summed E-state index contributed by atoms with van der Waals surface area (Å²) in [7, 11) is 1.64. The lowest BCUT2D eigenvalue weighted by Crippen LogP contribution is -2.32. The van der Waals surface area contributed by atoms with E-state index in [0.717, 1.165) is 33.6 Å². The summed E-state index contributed by atoms with van der Waals surface area (Å²) in [6.45, 7) is 0.658. The van der Waals surface area contributed by atoms with Crippen molar-refractivity contribution in [2.75, 3.05) is 13.7 Å². The Morgan fingerprint density at radius 1 is 1.41 bits per heavy atom. The van der Waals surface area contributed by atoms with Crippen molar-refractivity contribution in [2.24, 2.45) is 5.73 Å². The topological polar surface area (TPSA) is 35.2 Å². The lowest BCUT2D eigenvalue weighted by atomic mass is 9.79. The third-order valence-corrected chi connectivity index (χ3v) is 4.70. The van der Waals surface area contributed by atoms with Crippen LogP contribution in [0.5, 0.6) is 5.75 Å². The van der Waals surface area contributed by atoms with Crippen molar-refractivity contribution in [2.45, 2.75) is 31.1 Å². The van der Waals surface area contributed by atoms with Crippen LogP contribution in [0.4, 0.5) is 0 Å². The first-order valence-corrected chi connectivity index (χ1v) is 7.03. The fourth-order valence-corrected chi connectivity index (χ4v) is 3.59. The zero-order chi connectivity index (χ0) is 12.5.